The zero-order valence-electron chi connectivity index (χ0n) is 18.3. The van der Waals surface area contributed by atoms with Gasteiger partial charge < -0.3 is 9.64 Å². The van der Waals surface area contributed by atoms with Crippen LogP contribution >= 0.6 is 0 Å². The second-order valence-corrected chi connectivity index (χ2v) is 8.72. The van der Waals surface area contributed by atoms with E-state index in [1.54, 1.807) is 0 Å². The van der Waals surface area contributed by atoms with E-state index >= 15 is 0 Å². The number of rotatable bonds is 7. The molecule has 2 fully saturated rings. The van der Waals surface area contributed by atoms with Gasteiger partial charge in [-0.15, -0.1) is 0 Å². The van der Waals surface area contributed by atoms with E-state index in [9.17, 15) is 4.79 Å². The molecule has 0 aliphatic carbocycles. The molecular formula is C26H34N2O2. The Morgan fingerprint density at radius 2 is 1.60 bits per heavy atom. The van der Waals surface area contributed by atoms with Gasteiger partial charge in [0.2, 0.25) is 0 Å². The lowest BCUT2D eigenvalue weighted by molar-refractivity contribution is -0.149. The normalized spacial score (nSPS) is 21.6. The summed E-state index contributed by atoms with van der Waals surface area (Å²) >= 11 is 0. The highest BCUT2D eigenvalue weighted by atomic mass is 16.6. The van der Waals surface area contributed by atoms with Gasteiger partial charge in [0.25, 0.3) is 0 Å². The highest BCUT2D eigenvalue weighted by Crippen LogP contribution is 2.41. The van der Waals surface area contributed by atoms with Gasteiger partial charge in [0, 0.05) is 50.4 Å². The molecule has 160 valence electrons. The standard InChI is InChI=1S/C26H34N2O2/c1-3-26(4-2)20-22(30-25(26)29)14-15-27-16-18-28(19-17-27)24-13-9-8-12-23(24)21-10-6-5-7-11-21/h5-13,22H,3-4,14-20H2,1-2H3. The highest BCUT2D eigenvalue weighted by Gasteiger charge is 2.46. The smallest absolute Gasteiger partial charge is 0.312 e. The zero-order valence-corrected chi connectivity index (χ0v) is 18.3. The molecule has 2 aliphatic heterocycles. The van der Waals surface area contributed by atoms with Crippen LogP contribution in [0.3, 0.4) is 0 Å². The van der Waals surface area contributed by atoms with Crippen molar-refractivity contribution in [2.24, 2.45) is 5.41 Å². The molecule has 2 aromatic rings. The first-order chi connectivity index (χ1) is 14.6. The summed E-state index contributed by atoms with van der Waals surface area (Å²) in [5.74, 6) is 0.0276. The summed E-state index contributed by atoms with van der Waals surface area (Å²) in [7, 11) is 0. The third-order valence-corrected chi connectivity index (χ3v) is 7.15. The van der Waals surface area contributed by atoms with Crippen LogP contribution in [0, 0.1) is 5.41 Å². The van der Waals surface area contributed by atoms with Crippen LogP contribution in [0.5, 0.6) is 0 Å². The maximum Gasteiger partial charge on any atom is 0.312 e. The van der Waals surface area contributed by atoms with E-state index in [2.05, 4.69) is 78.2 Å². The van der Waals surface area contributed by atoms with E-state index in [-0.39, 0.29) is 17.5 Å². The Bertz CT molecular complexity index is 839. The molecule has 4 rings (SSSR count). The molecule has 0 saturated carbocycles. The van der Waals surface area contributed by atoms with Crippen LogP contribution in [0.2, 0.25) is 0 Å². The summed E-state index contributed by atoms with van der Waals surface area (Å²) < 4.78 is 5.73. The van der Waals surface area contributed by atoms with Crippen LogP contribution in [-0.4, -0.2) is 49.7 Å². The Labute approximate surface area is 180 Å². The number of hydrogen-bond donors (Lipinski definition) is 0. The zero-order chi connectivity index (χ0) is 21.0. The third-order valence-electron chi connectivity index (χ3n) is 7.15. The quantitative estimate of drug-likeness (QED) is 0.607. The van der Waals surface area contributed by atoms with Crippen LogP contribution in [-0.2, 0) is 9.53 Å². The Balaban J connectivity index is 1.32. The molecule has 2 aliphatic rings. The molecule has 2 saturated heterocycles. The molecule has 1 unspecified atom stereocenters. The lowest BCUT2D eigenvalue weighted by atomic mass is 9.79. The SMILES string of the molecule is CCC1(CC)CC(CCN2CCN(c3ccccc3-c3ccccc3)CC2)OC1=O. The van der Waals surface area contributed by atoms with Crippen LogP contribution in [0.25, 0.3) is 11.1 Å². The first kappa shape index (κ1) is 20.9. The van der Waals surface area contributed by atoms with E-state index in [1.807, 2.05) is 0 Å². The highest BCUT2D eigenvalue weighted by molar-refractivity contribution is 5.79. The van der Waals surface area contributed by atoms with E-state index in [0.29, 0.717) is 0 Å². The molecule has 0 N–H and O–H groups in total. The molecular weight excluding hydrogens is 372 g/mol. The van der Waals surface area contributed by atoms with Gasteiger partial charge in [-0.05, 0) is 30.9 Å². The number of para-hydroxylation sites is 1. The summed E-state index contributed by atoms with van der Waals surface area (Å²) in [6.07, 6.45) is 3.71. The molecule has 0 aromatic heterocycles. The van der Waals surface area contributed by atoms with Crippen molar-refractivity contribution in [1.29, 1.82) is 0 Å². The fourth-order valence-corrected chi connectivity index (χ4v) is 4.98. The van der Waals surface area contributed by atoms with Crippen molar-refractivity contribution < 1.29 is 9.53 Å². The summed E-state index contributed by atoms with van der Waals surface area (Å²) in [4.78, 5) is 17.4. The predicted octanol–water partition coefficient (Wildman–Crippen LogP) is 4.99. The van der Waals surface area contributed by atoms with E-state index in [0.717, 1.165) is 58.4 Å². The molecule has 2 aromatic carbocycles. The summed E-state index contributed by atoms with van der Waals surface area (Å²) in [5, 5.41) is 0. The third kappa shape index (κ3) is 4.24. The summed E-state index contributed by atoms with van der Waals surface area (Å²) in [6, 6.07) is 19.4. The fraction of sp³-hybridized carbons (Fsp3) is 0.500. The van der Waals surface area contributed by atoms with Crippen molar-refractivity contribution in [2.45, 2.75) is 45.6 Å². The minimum absolute atomic E-state index is 0.0276. The lowest BCUT2D eigenvalue weighted by Crippen LogP contribution is -2.47. The van der Waals surface area contributed by atoms with E-state index in [4.69, 9.17) is 4.74 Å². The number of ether oxygens (including phenoxy) is 1. The maximum atomic E-state index is 12.3. The van der Waals surface area contributed by atoms with E-state index < -0.39 is 0 Å². The van der Waals surface area contributed by atoms with Gasteiger partial charge in [-0.3, -0.25) is 9.69 Å². The van der Waals surface area contributed by atoms with Gasteiger partial charge in [-0.25, -0.2) is 0 Å². The molecule has 0 radical (unpaired) electrons. The summed E-state index contributed by atoms with van der Waals surface area (Å²) in [6.45, 7) is 9.40. The van der Waals surface area contributed by atoms with Crippen LogP contribution < -0.4 is 4.90 Å². The largest absolute Gasteiger partial charge is 0.462 e. The molecule has 0 bridgehead atoms. The number of cyclic esters (lactones) is 1. The van der Waals surface area contributed by atoms with Crippen LogP contribution in [0.15, 0.2) is 54.6 Å². The number of carbonyl (C=O) groups excluding carboxylic acids is 1. The number of nitrogens with zero attached hydrogens (tertiary/aromatic N) is 2. The van der Waals surface area contributed by atoms with Gasteiger partial charge in [0.15, 0.2) is 0 Å². The minimum atomic E-state index is -0.232. The van der Waals surface area contributed by atoms with Gasteiger partial charge in [-0.1, -0.05) is 62.4 Å². The molecule has 1 atom stereocenters. The lowest BCUT2D eigenvalue weighted by Gasteiger charge is -2.37. The average molecular weight is 407 g/mol. The second-order valence-electron chi connectivity index (χ2n) is 8.72. The number of benzene rings is 2. The Morgan fingerprint density at radius 3 is 2.27 bits per heavy atom. The van der Waals surface area contributed by atoms with Crippen molar-refractivity contribution in [3.05, 3.63) is 54.6 Å². The number of carbonyl (C=O) groups is 1. The summed E-state index contributed by atoms with van der Waals surface area (Å²) in [5.41, 5.74) is 3.67. The molecule has 2 heterocycles. The Kier molecular flexibility index (Phi) is 6.43. The maximum absolute atomic E-state index is 12.3. The first-order valence-electron chi connectivity index (χ1n) is 11.5. The fourth-order valence-electron chi connectivity index (χ4n) is 4.98. The Morgan fingerprint density at radius 1 is 0.933 bits per heavy atom. The minimum Gasteiger partial charge on any atom is -0.462 e. The van der Waals surface area contributed by atoms with Gasteiger partial charge >= 0.3 is 5.97 Å². The van der Waals surface area contributed by atoms with Crippen LogP contribution in [0.4, 0.5) is 5.69 Å². The van der Waals surface area contributed by atoms with Crippen molar-refractivity contribution >= 4 is 11.7 Å². The van der Waals surface area contributed by atoms with Crippen molar-refractivity contribution in [1.82, 2.24) is 4.90 Å². The number of hydrogen-bond acceptors (Lipinski definition) is 4. The monoisotopic (exact) mass is 406 g/mol. The van der Waals surface area contributed by atoms with Gasteiger partial charge in [-0.2, -0.15) is 0 Å². The number of anilines is 1. The Hall–Kier alpha value is -2.33. The average Bonchev–Trinajstić information content (AvgIpc) is 3.14. The molecule has 4 heteroatoms. The topological polar surface area (TPSA) is 32.8 Å². The number of esters is 1. The van der Waals surface area contributed by atoms with Crippen LogP contribution in [0.1, 0.15) is 39.5 Å². The van der Waals surface area contributed by atoms with Crippen molar-refractivity contribution in [2.75, 3.05) is 37.6 Å². The van der Waals surface area contributed by atoms with E-state index in [1.165, 1.54) is 16.8 Å². The van der Waals surface area contributed by atoms with Gasteiger partial charge in [0.1, 0.15) is 6.10 Å². The molecule has 0 spiro atoms. The molecule has 30 heavy (non-hydrogen) atoms. The van der Waals surface area contributed by atoms with Crippen molar-refractivity contribution in [3.8, 4) is 11.1 Å². The molecule has 0 amide bonds. The number of piperazine rings is 1. The second kappa shape index (κ2) is 9.22. The van der Waals surface area contributed by atoms with Gasteiger partial charge in [0.05, 0.1) is 5.41 Å². The van der Waals surface area contributed by atoms with Crippen molar-refractivity contribution in [3.63, 3.8) is 0 Å². The predicted molar refractivity (Wildman–Crippen MR) is 123 cm³/mol. The first-order valence-corrected chi connectivity index (χ1v) is 11.5. The molecule has 4 nitrogen and oxygen atoms in total.